The molecular formula is C25H23ClN4O5S. The van der Waals surface area contributed by atoms with Gasteiger partial charge in [0, 0.05) is 35.8 Å². The number of phenolic OH excluding ortho intramolecular Hbond substituents is 1. The molecule has 2 aromatic carbocycles. The summed E-state index contributed by atoms with van der Waals surface area (Å²) < 4.78 is 1.67. The van der Waals surface area contributed by atoms with Crippen molar-refractivity contribution in [3.8, 4) is 5.75 Å². The summed E-state index contributed by atoms with van der Waals surface area (Å²) >= 11 is 7.18. The van der Waals surface area contributed by atoms with E-state index in [9.17, 15) is 24.8 Å². The standard InChI is InChI=1S/C25H23ClN4O5S/c1-4-28(5-2)24(33)21-14(3)27-25-29(22(21)15-6-8-17(26)9-7-15)23(32)20(36-25)13-16-12-18(30(34)35)10-11-19(16)31/h6-13,22,31H,4-5H2,1-3H3/b20-13+/t22-/m0/s1. The molecule has 0 saturated carbocycles. The zero-order valence-electron chi connectivity index (χ0n) is 19.8. The molecule has 4 rings (SSSR count). The minimum Gasteiger partial charge on any atom is -0.507 e. The normalized spacial score (nSPS) is 15.4. The van der Waals surface area contributed by atoms with E-state index in [2.05, 4.69) is 4.99 Å². The fourth-order valence-electron chi connectivity index (χ4n) is 4.15. The maximum atomic E-state index is 13.7. The summed E-state index contributed by atoms with van der Waals surface area (Å²) in [6.07, 6.45) is 1.40. The minimum atomic E-state index is -0.743. The molecule has 0 fully saturated rings. The number of nitro benzene ring substituents is 1. The van der Waals surface area contributed by atoms with Crippen molar-refractivity contribution in [3.05, 3.63) is 99.7 Å². The topological polar surface area (TPSA) is 118 Å². The molecule has 1 amide bonds. The van der Waals surface area contributed by atoms with Crippen LogP contribution in [0.2, 0.25) is 5.02 Å². The van der Waals surface area contributed by atoms with Crippen molar-refractivity contribution in [3.63, 3.8) is 0 Å². The molecule has 2 heterocycles. The second kappa shape index (κ2) is 10.1. The van der Waals surface area contributed by atoms with E-state index < -0.39 is 16.5 Å². The van der Waals surface area contributed by atoms with Crippen molar-refractivity contribution in [1.82, 2.24) is 9.47 Å². The number of hydrogen-bond acceptors (Lipinski definition) is 7. The van der Waals surface area contributed by atoms with Crippen molar-refractivity contribution in [2.24, 2.45) is 4.99 Å². The maximum absolute atomic E-state index is 13.7. The Morgan fingerprint density at radius 1 is 1.25 bits per heavy atom. The number of benzene rings is 2. The predicted molar refractivity (Wildman–Crippen MR) is 138 cm³/mol. The molecule has 0 aliphatic carbocycles. The Kier molecular flexibility index (Phi) is 7.09. The number of nitro groups is 1. The number of fused-ring (bicyclic) bond motifs is 1. The summed E-state index contributed by atoms with van der Waals surface area (Å²) in [6.45, 7) is 6.50. The summed E-state index contributed by atoms with van der Waals surface area (Å²) in [7, 11) is 0. The molecule has 0 spiro atoms. The minimum absolute atomic E-state index is 0.132. The van der Waals surface area contributed by atoms with Crippen LogP contribution in [0.1, 0.15) is 37.9 Å². The number of thiazole rings is 1. The number of carbonyl (C=O) groups is 1. The van der Waals surface area contributed by atoms with Crippen molar-refractivity contribution in [1.29, 1.82) is 0 Å². The van der Waals surface area contributed by atoms with Crippen molar-refractivity contribution in [2.45, 2.75) is 26.8 Å². The molecule has 0 unspecified atom stereocenters. The van der Waals surface area contributed by atoms with Gasteiger partial charge in [-0.25, -0.2) is 4.99 Å². The third-order valence-corrected chi connectivity index (χ3v) is 7.23. The molecule has 11 heteroatoms. The molecule has 1 atom stereocenters. The number of phenols is 1. The SMILES string of the molecule is CCN(CC)C(=O)C1=C(C)N=c2s/c(=C/c3cc([N+](=O)[O-])ccc3O)c(=O)n2[C@H]1c1ccc(Cl)cc1. The van der Waals surface area contributed by atoms with Gasteiger partial charge in [0.1, 0.15) is 5.75 Å². The number of nitrogens with zero attached hydrogens (tertiary/aromatic N) is 4. The van der Waals surface area contributed by atoms with Gasteiger partial charge in [0.25, 0.3) is 17.2 Å². The number of allylic oxidation sites excluding steroid dienone is 1. The quantitative estimate of drug-likeness (QED) is 0.390. The highest BCUT2D eigenvalue weighted by Crippen LogP contribution is 2.32. The van der Waals surface area contributed by atoms with Crippen LogP contribution in [0.25, 0.3) is 6.08 Å². The molecule has 0 radical (unpaired) electrons. The van der Waals surface area contributed by atoms with E-state index in [1.54, 1.807) is 36.1 Å². The molecular weight excluding hydrogens is 504 g/mol. The van der Waals surface area contributed by atoms with Crippen LogP contribution in [-0.4, -0.2) is 38.5 Å². The lowest BCUT2D eigenvalue weighted by Gasteiger charge is -2.29. The van der Waals surface area contributed by atoms with Gasteiger partial charge in [-0.05, 0) is 50.6 Å². The van der Waals surface area contributed by atoms with E-state index in [-0.39, 0.29) is 27.4 Å². The zero-order valence-corrected chi connectivity index (χ0v) is 21.3. The number of rotatable bonds is 6. The van der Waals surface area contributed by atoms with Crippen LogP contribution in [0.5, 0.6) is 5.75 Å². The number of non-ortho nitro benzene ring substituents is 1. The molecule has 9 nitrogen and oxygen atoms in total. The number of halogens is 1. The van der Waals surface area contributed by atoms with Crippen LogP contribution in [0, 0.1) is 10.1 Å². The van der Waals surface area contributed by atoms with E-state index in [0.29, 0.717) is 39.7 Å². The van der Waals surface area contributed by atoms with Crippen LogP contribution in [-0.2, 0) is 4.79 Å². The molecule has 1 aliphatic rings. The summed E-state index contributed by atoms with van der Waals surface area (Å²) in [5, 5.41) is 22.0. The van der Waals surface area contributed by atoms with Gasteiger partial charge in [0.2, 0.25) is 0 Å². The fraction of sp³-hybridized carbons (Fsp3) is 0.240. The van der Waals surface area contributed by atoms with Gasteiger partial charge in [0.15, 0.2) is 4.80 Å². The van der Waals surface area contributed by atoms with Gasteiger partial charge in [0.05, 0.1) is 26.8 Å². The average Bonchev–Trinajstić information content (AvgIpc) is 3.15. The molecule has 0 saturated heterocycles. The van der Waals surface area contributed by atoms with Gasteiger partial charge in [-0.2, -0.15) is 0 Å². The molecule has 186 valence electrons. The number of likely N-dealkylation sites (N-methyl/N-ethyl adjacent to an activating group) is 1. The van der Waals surface area contributed by atoms with E-state index in [1.165, 1.54) is 28.8 Å². The molecule has 36 heavy (non-hydrogen) atoms. The summed E-state index contributed by atoms with van der Waals surface area (Å²) in [5.41, 5.74) is 1.06. The van der Waals surface area contributed by atoms with Crippen LogP contribution in [0.3, 0.4) is 0 Å². The zero-order chi connectivity index (χ0) is 26.1. The smallest absolute Gasteiger partial charge is 0.271 e. The first-order valence-electron chi connectivity index (χ1n) is 11.2. The van der Waals surface area contributed by atoms with Gasteiger partial charge in [-0.15, -0.1) is 0 Å². The van der Waals surface area contributed by atoms with Crippen LogP contribution in [0.15, 0.2) is 63.5 Å². The largest absolute Gasteiger partial charge is 0.507 e. The van der Waals surface area contributed by atoms with Gasteiger partial charge < -0.3 is 10.0 Å². The molecule has 1 aliphatic heterocycles. The van der Waals surface area contributed by atoms with E-state index in [0.717, 1.165) is 11.3 Å². The Balaban J connectivity index is 1.97. The van der Waals surface area contributed by atoms with Crippen molar-refractivity contribution in [2.75, 3.05) is 13.1 Å². The highest BCUT2D eigenvalue weighted by molar-refractivity contribution is 7.07. The highest BCUT2D eigenvalue weighted by Gasteiger charge is 2.34. The molecule has 0 bridgehead atoms. The second-order valence-corrected chi connectivity index (χ2v) is 9.56. The molecule has 1 aromatic heterocycles. The van der Waals surface area contributed by atoms with E-state index in [1.807, 2.05) is 13.8 Å². The Hall–Kier alpha value is -3.76. The van der Waals surface area contributed by atoms with Crippen molar-refractivity contribution >= 4 is 40.6 Å². The predicted octanol–water partition coefficient (Wildman–Crippen LogP) is 3.37. The van der Waals surface area contributed by atoms with Crippen molar-refractivity contribution < 1.29 is 14.8 Å². The third-order valence-electron chi connectivity index (χ3n) is 6.00. The van der Waals surface area contributed by atoms with Gasteiger partial charge >= 0.3 is 0 Å². The Morgan fingerprint density at radius 3 is 2.53 bits per heavy atom. The first-order chi connectivity index (χ1) is 17.2. The number of carbonyl (C=O) groups excluding carboxylic acids is 1. The van der Waals surface area contributed by atoms with E-state index in [4.69, 9.17) is 11.6 Å². The summed E-state index contributed by atoms with van der Waals surface area (Å²) in [4.78, 5) is 44.5. The maximum Gasteiger partial charge on any atom is 0.271 e. The Bertz CT molecular complexity index is 1570. The first kappa shape index (κ1) is 25.3. The lowest BCUT2D eigenvalue weighted by Crippen LogP contribution is -2.43. The summed E-state index contributed by atoms with van der Waals surface area (Å²) in [5.74, 6) is -0.416. The molecule has 3 aromatic rings. The Morgan fingerprint density at radius 2 is 1.92 bits per heavy atom. The van der Waals surface area contributed by atoms with Gasteiger partial charge in [-0.1, -0.05) is 35.1 Å². The fourth-order valence-corrected chi connectivity index (χ4v) is 5.31. The van der Waals surface area contributed by atoms with Crippen LogP contribution < -0.4 is 14.9 Å². The van der Waals surface area contributed by atoms with Crippen LogP contribution in [0.4, 0.5) is 5.69 Å². The number of aromatic nitrogens is 1. The highest BCUT2D eigenvalue weighted by atomic mass is 35.5. The lowest BCUT2D eigenvalue weighted by molar-refractivity contribution is -0.384. The lowest BCUT2D eigenvalue weighted by atomic mass is 9.94. The second-order valence-electron chi connectivity index (χ2n) is 8.11. The van der Waals surface area contributed by atoms with Crippen LogP contribution >= 0.6 is 22.9 Å². The monoisotopic (exact) mass is 526 g/mol. The third kappa shape index (κ3) is 4.57. The number of amides is 1. The molecule has 1 N–H and O–H groups in total. The number of hydrogen-bond donors (Lipinski definition) is 1. The number of aromatic hydroxyl groups is 1. The van der Waals surface area contributed by atoms with Gasteiger partial charge in [-0.3, -0.25) is 24.3 Å². The average molecular weight is 527 g/mol. The Labute approximate surface area is 215 Å². The first-order valence-corrected chi connectivity index (χ1v) is 12.4. The summed E-state index contributed by atoms with van der Waals surface area (Å²) in [6, 6.07) is 9.78. The van der Waals surface area contributed by atoms with E-state index >= 15 is 0 Å².